The summed E-state index contributed by atoms with van der Waals surface area (Å²) in [6.45, 7) is 0. The van der Waals surface area contributed by atoms with Gasteiger partial charge in [-0.2, -0.15) is 25.9 Å². The average Bonchev–Trinajstić information content (AvgIpc) is 2.60. The predicted molar refractivity (Wildman–Crippen MR) is 107 cm³/mol. The summed E-state index contributed by atoms with van der Waals surface area (Å²) < 4.78 is 84.4. The molecule has 13 heteroatoms. The SMILES string of the molecule is CN(C)S(=O)(=O)NC(=O)c1cc(Cl)c(OC2CCC(C(F)(F)F)CC2)c(I)c1F. The van der Waals surface area contributed by atoms with Crippen molar-refractivity contribution in [2.24, 2.45) is 5.92 Å². The molecule has 1 aromatic carbocycles. The Morgan fingerprint density at radius 3 is 2.31 bits per heavy atom. The van der Waals surface area contributed by atoms with Gasteiger partial charge < -0.3 is 4.74 Å². The highest BCUT2D eigenvalue weighted by Crippen LogP contribution is 2.41. The van der Waals surface area contributed by atoms with Gasteiger partial charge >= 0.3 is 16.4 Å². The molecule has 6 nitrogen and oxygen atoms in total. The molecule has 1 fully saturated rings. The van der Waals surface area contributed by atoms with Crippen LogP contribution < -0.4 is 9.46 Å². The molecule has 164 valence electrons. The standard InChI is InChI=1S/C16H18ClF4IN2O4S/c1-24(2)29(26,27)23-15(25)10-7-11(17)14(13(22)12(10)18)28-9-5-3-8(4-6-9)16(19,20)21/h7-9H,3-6H2,1-2H3,(H,23,25). The number of ether oxygens (including phenoxy) is 1. The van der Waals surface area contributed by atoms with E-state index in [2.05, 4.69) is 0 Å². The van der Waals surface area contributed by atoms with Crippen molar-refractivity contribution in [3.8, 4) is 5.75 Å². The number of rotatable bonds is 5. The maximum Gasteiger partial charge on any atom is 0.391 e. The lowest BCUT2D eigenvalue weighted by Gasteiger charge is -2.30. The number of hydrogen-bond donors (Lipinski definition) is 1. The topological polar surface area (TPSA) is 75.7 Å². The number of carbonyl (C=O) groups is 1. The molecule has 0 aromatic heterocycles. The van der Waals surface area contributed by atoms with Gasteiger partial charge in [-0.3, -0.25) is 4.79 Å². The molecular weight excluding hydrogens is 555 g/mol. The molecular formula is C16H18ClF4IN2O4S. The summed E-state index contributed by atoms with van der Waals surface area (Å²) >= 11 is 7.64. The zero-order valence-corrected chi connectivity index (χ0v) is 19.0. The molecule has 0 spiro atoms. The molecule has 2 rings (SSSR count). The number of carbonyl (C=O) groups excluding carboxylic acids is 1. The van der Waals surface area contributed by atoms with Crippen LogP contribution in [0.2, 0.25) is 5.02 Å². The fraction of sp³-hybridized carbons (Fsp3) is 0.562. The maximum atomic E-state index is 14.7. The van der Waals surface area contributed by atoms with Crippen molar-refractivity contribution in [3.05, 3.63) is 26.0 Å². The molecule has 1 aromatic rings. The van der Waals surface area contributed by atoms with Crippen LogP contribution in [0.1, 0.15) is 36.0 Å². The van der Waals surface area contributed by atoms with Crippen molar-refractivity contribution in [2.75, 3.05) is 14.1 Å². The lowest BCUT2D eigenvalue weighted by atomic mass is 9.87. The fourth-order valence-corrected chi connectivity index (χ4v) is 4.43. The average molecular weight is 573 g/mol. The highest BCUT2D eigenvalue weighted by molar-refractivity contribution is 14.1. The minimum Gasteiger partial charge on any atom is -0.488 e. The predicted octanol–water partition coefficient (Wildman–Crippen LogP) is 4.12. The normalized spacial score (nSPS) is 20.6. The van der Waals surface area contributed by atoms with E-state index in [1.165, 1.54) is 14.1 Å². The molecule has 0 radical (unpaired) electrons. The summed E-state index contributed by atoms with van der Waals surface area (Å²) in [5.41, 5.74) is -0.599. The summed E-state index contributed by atoms with van der Waals surface area (Å²) in [5.74, 6) is -3.74. The molecule has 1 amide bonds. The Bertz CT molecular complexity index is 888. The fourth-order valence-electron chi connectivity index (χ4n) is 2.79. The molecule has 0 atom stereocenters. The molecule has 1 aliphatic rings. The van der Waals surface area contributed by atoms with Gasteiger partial charge in [-0.1, -0.05) is 11.6 Å². The molecule has 1 saturated carbocycles. The van der Waals surface area contributed by atoms with Gasteiger partial charge in [0.1, 0.15) is 0 Å². The second kappa shape index (κ2) is 9.10. The third kappa shape index (κ3) is 5.85. The van der Waals surface area contributed by atoms with Crippen molar-refractivity contribution in [3.63, 3.8) is 0 Å². The number of amides is 1. The van der Waals surface area contributed by atoms with E-state index >= 15 is 0 Å². The van der Waals surface area contributed by atoms with Crippen LogP contribution in [0.5, 0.6) is 5.75 Å². The number of halogens is 6. The van der Waals surface area contributed by atoms with Crippen LogP contribution in [0.3, 0.4) is 0 Å². The summed E-state index contributed by atoms with van der Waals surface area (Å²) in [4.78, 5) is 12.2. The molecule has 1 N–H and O–H groups in total. The molecule has 1 aliphatic carbocycles. The first kappa shape index (κ1) is 24.4. The van der Waals surface area contributed by atoms with Crippen molar-refractivity contribution in [1.82, 2.24) is 9.03 Å². The Balaban J connectivity index is 2.19. The minimum atomic E-state index is -4.26. The smallest absolute Gasteiger partial charge is 0.391 e. The third-order valence-electron chi connectivity index (χ3n) is 4.49. The van der Waals surface area contributed by atoms with Gasteiger partial charge in [0.25, 0.3) is 5.91 Å². The van der Waals surface area contributed by atoms with Crippen LogP contribution in [0.15, 0.2) is 6.07 Å². The summed E-state index contributed by atoms with van der Waals surface area (Å²) in [5, 5.41) is -0.152. The zero-order valence-electron chi connectivity index (χ0n) is 15.3. The number of nitrogens with zero attached hydrogens (tertiary/aromatic N) is 1. The van der Waals surface area contributed by atoms with E-state index in [-0.39, 0.29) is 40.0 Å². The highest BCUT2D eigenvalue weighted by Gasteiger charge is 2.42. The number of alkyl halides is 3. The van der Waals surface area contributed by atoms with Gasteiger partial charge in [-0.25, -0.2) is 9.11 Å². The van der Waals surface area contributed by atoms with Gasteiger partial charge in [0.2, 0.25) is 0 Å². The largest absolute Gasteiger partial charge is 0.488 e. The molecule has 0 aliphatic heterocycles. The Labute approximate surface area is 184 Å². The van der Waals surface area contributed by atoms with Gasteiger partial charge in [-0.15, -0.1) is 0 Å². The third-order valence-corrected chi connectivity index (χ3v) is 7.13. The van der Waals surface area contributed by atoms with Crippen LogP contribution in [0.4, 0.5) is 17.6 Å². The van der Waals surface area contributed by atoms with Gasteiger partial charge in [0.05, 0.1) is 26.2 Å². The van der Waals surface area contributed by atoms with Crippen molar-refractivity contribution < 1.29 is 35.5 Å². The van der Waals surface area contributed by atoms with E-state index in [4.69, 9.17) is 16.3 Å². The first-order chi connectivity index (χ1) is 13.2. The summed E-state index contributed by atoms with van der Waals surface area (Å²) in [6, 6.07) is 0.927. The van der Waals surface area contributed by atoms with Gasteiger partial charge in [0, 0.05) is 14.1 Å². The lowest BCUT2D eigenvalue weighted by Crippen LogP contribution is -2.39. The Hall–Kier alpha value is -0.860. The Morgan fingerprint density at radius 2 is 1.83 bits per heavy atom. The van der Waals surface area contributed by atoms with Crippen LogP contribution in [0.25, 0.3) is 0 Å². The maximum absolute atomic E-state index is 14.7. The van der Waals surface area contributed by atoms with E-state index in [9.17, 15) is 30.8 Å². The molecule has 0 saturated heterocycles. The van der Waals surface area contributed by atoms with E-state index < -0.39 is 45.7 Å². The minimum absolute atomic E-state index is 0.0905. The first-order valence-electron chi connectivity index (χ1n) is 8.39. The second-order valence-corrected chi connectivity index (χ2v) is 10.1. The van der Waals surface area contributed by atoms with Crippen molar-refractivity contribution in [1.29, 1.82) is 0 Å². The summed E-state index contributed by atoms with van der Waals surface area (Å²) in [7, 11) is -1.76. The molecule has 0 unspecified atom stereocenters. The van der Waals surface area contributed by atoms with E-state index in [0.29, 0.717) is 0 Å². The van der Waals surface area contributed by atoms with Crippen molar-refractivity contribution >= 4 is 50.3 Å². The number of nitrogens with one attached hydrogen (secondary N) is 1. The number of hydrogen-bond acceptors (Lipinski definition) is 4. The van der Waals surface area contributed by atoms with E-state index in [1.54, 1.807) is 27.3 Å². The Morgan fingerprint density at radius 1 is 1.28 bits per heavy atom. The first-order valence-corrected chi connectivity index (χ1v) is 11.3. The second-order valence-electron chi connectivity index (χ2n) is 6.71. The highest BCUT2D eigenvalue weighted by atomic mass is 127. The van der Waals surface area contributed by atoms with Crippen LogP contribution >= 0.6 is 34.2 Å². The monoisotopic (exact) mass is 572 g/mol. The Kier molecular flexibility index (Phi) is 7.66. The molecule has 0 heterocycles. The molecule has 29 heavy (non-hydrogen) atoms. The van der Waals surface area contributed by atoms with E-state index in [0.717, 1.165) is 10.4 Å². The zero-order chi connectivity index (χ0) is 22.1. The lowest BCUT2D eigenvalue weighted by molar-refractivity contribution is -0.185. The van der Waals surface area contributed by atoms with Crippen LogP contribution in [0, 0.1) is 15.3 Å². The van der Waals surface area contributed by atoms with Gasteiger partial charge in [-0.05, 0) is 54.3 Å². The van der Waals surface area contributed by atoms with E-state index in [1.807, 2.05) is 0 Å². The van der Waals surface area contributed by atoms with Crippen LogP contribution in [-0.2, 0) is 10.2 Å². The summed E-state index contributed by atoms with van der Waals surface area (Å²) in [6.07, 6.45) is -4.79. The van der Waals surface area contributed by atoms with Crippen LogP contribution in [-0.4, -0.2) is 45.0 Å². The van der Waals surface area contributed by atoms with Gasteiger partial charge in [0.15, 0.2) is 11.6 Å². The van der Waals surface area contributed by atoms with Crippen molar-refractivity contribution in [2.45, 2.75) is 38.0 Å². The molecule has 0 bridgehead atoms. The quantitative estimate of drug-likeness (QED) is 0.327. The number of benzene rings is 1.